The van der Waals surface area contributed by atoms with E-state index < -0.39 is 0 Å². The second-order valence-corrected chi connectivity index (χ2v) is 12.3. The minimum absolute atomic E-state index is 0.329. The maximum absolute atomic E-state index is 2.57. The molecule has 2 saturated heterocycles. The zero-order chi connectivity index (χ0) is 11.1. The molecule has 2 heteroatoms. The van der Waals surface area contributed by atoms with E-state index in [0.29, 0.717) is 21.0 Å². The molecule has 4 atom stereocenters. The summed E-state index contributed by atoms with van der Waals surface area (Å²) >= 11 is 0. The lowest BCUT2D eigenvalue weighted by atomic mass is 10.1. The van der Waals surface area contributed by atoms with Gasteiger partial charge in [0.05, 0.1) is 0 Å². The molecule has 2 aliphatic rings. The zero-order valence-corrected chi connectivity index (χ0v) is 12.6. The quantitative estimate of drug-likeness (QED) is 0.586. The molecule has 2 rings (SSSR count). The molecule has 0 aliphatic carbocycles. The molecule has 2 heterocycles. The fourth-order valence-corrected chi connectivity index (χ4v) is 10.6. The molecule has 0 aromatic rings. The fraction of sp³-hybridized carbons (Fsp3) is 1.00. The molecule has 0 saturated carbocycles. The lowest BCUT2D eigenvalue weighted by Gasteiger charge is -2.37. The summed E-state index contributed by atoms with van der Waals surface area (Å²) in [6.07, 6.45) is 9.36. The van der Waals surface area contributed by atoms with Crippen molar-refractivity contribution < 1.29 is 0 Å². The molecule has 0 amide bonds. The summed E-state index contributed by atoms with van der Waals surface area (Å²) in [6.45, 7) is 10.0. The molecule has 0 bridgehead atoms. The van der Waals surface area contributed by atoms with Gasteiger partial charge in [-0.3, -0.25) is 0 Å². The molecule has 0 nitrogen and oxygen atoms in total. The maximum Gasteiger partial charge on any atom is -0.0137 e. The minimum Gasteiger partial charge on any atom is -0.106 e. The summed E-state index contributed by atoms with van der Waals surface area (Å²) in [5, 5.41) is 0.620. The minimum atomic E-state index is 0.329. The number of hydrogen-bond acceptors (Lipinski definition) is 0. The van der Waals surface area contributed by atoms with Crippen molar-refractivity contribution >= 4 is 15.8 Å². The van der Waals surface area contributed by atoms with Crippen LogP contribution in [0.15, 0.2) is 0 Å². The topological polar surface area (TPSA) is 0 Å². The van der Waals surface area contributed by atoms with Gasteiger partial charge in [-0.2, -0.15) is 0 Å². The molecule has 15 heavy (non-hydrogen) atoms. The van der Waals surface area contributed by atoms with Crippen molar-refractivity contribution in [1.29, 1.82) is 0 Å². The molecule has 0 aromatic carbocycles. The Kier molecular flexibility index (Phi) is 3.79. The van der Waals surface area contributed by atoms with E-state index in [0.717, 1.165) is 11.3 Å². The third-order valence-electron chi connectivity index (χ3n) is 4.18. The molecular formula is C13H26P2. The van der Waals surface area contributed by atoms with Gasteiger partial charge in [0.1, 0.15) is 0 Å². The molecule has 3 unspecified atom stereocenters. The van der Waals surface area contributed by atoms with Gasteiger partial charge < -0.3 is 0 Å². The van der Waals surface area contributed by atoms with Crippen molar-refractivity contribution in [2.24, 2.45) is 0 Å². The lowest BCUT2D eigenvalue weighted by molar-refractivity contribution is 0.683. The summed E-state index contributed by atoms with van der Waals surface area (Å²) in [7, 11) is 0.732. The number of hydrogen-bond donors (Lipinski definition) is 0. The molecule has 0 N–H and O–H groups in total. The van der Waals surface area contributed by atoms with E-state index in [1.165, 1.54) is 12.8 Å². The molecule has 0 radical (unpaired) electrons. The SMILES string of the molecule is CP1CCCC1[C@@H]1CCCP1C(C)(C)C. The van der Waals surface area contributed by atoms with Crippen molar-refractivity contribution in [2.45, 2.75) is 62.9 Å². The monoisotopic (exact) mass is 244 g/mol. The molecule has 0 aromatic heterocycles. The third kappa shape index (κ3) is 2.58. The molecule has 2 fully saturated rings. The van der Waals surface area contributed by atoms with Crippen LogP contribution in [0.5, 0.6) is 0 Å². The van der Waals surface area contributed by atoms with E-state index in [1.807, 2.05) is 0 Å². The van der Waals surface area contributed by atoms with E-state index in [4.69, 9.17) is 0 Å². The van der Waals surface area contributed by atoms with E-state index in [2.05, 4.69) is 27.4 Å². The van der Waals surface area contributed by atoms with Crippen LogP contribution >= 0.6 is 15.8 Å². The Morgan fingerprint density at radius 3 is 2.07 bits per heavy atom. The first-order chi connectivity index (χ1) is 7.00. The van der Waals surface area contributed by atoms with Gasteiger partial charge in [0.15, 0.2) is 0 Å². The zero-order valence-electron chi connectivity index (χ0n) is 10.8. The summed E-state index contributed by atoms with van der Waals surface area (Å²) in [4.78, 5) is 0. The highest BCUT2D eigenvalue weighted by Gasteiger charge is 2.42. The maximum atomic E-state index is 2.57. The van der Waals surface area contributed by atoms with Gasteiger partial charge >= 0.3 is 0 Å². The van der Waals surface area contributed by atoms with E-state index in [1.54, 1.807) is 25.2 Å². The summed E-state index contributed by atoms with van der Waals surface area (Å²) in [6, 6.07) is 0. The lowest BCUT2D eigenvalue weighted by Crippen LogP contribution is -2.25. The summed E-state index contributed by atoms with van der Waals surface area (Å²) in [5.41, 5.74) is 2.31. The first-order valence-corrected chi connectivity index (χ1v) is 10.1. The largest absolute Gasteiger partial charge is 0.106 e. The normalized spacial score (nSPS) is 42.4. The Morgan fingerprint density at radius 2 is 1.53 bits per heavy atom. The van der Waals surface area contributed by atoms with Crippen LogP contribution in [0.1, 0.15) is 46.5 Å². The van der Waals surface area contributed by atoms with Crippen LogP contribution in [0.2, 0.25) is 0 Å². The van der Waals surface area contributed by atoms with Gasteiger partial charge in [0.25, 0.3) is 0 Å². The smallest absolute Gasteiger partial charge is 0.0137 e. The van der Waals surface area contributed by atoms with Gasteiger partial charge in [0.2, 0.25) is 0 Å². The van der Waals surface area contributed by atoms with E-state index >= 15 is 0 Å². The van der Waals surface area contributed by atoms with Gasteiger partial charge in [-0.15, -0.1) is 7.92 Å². The van der Waals surface area contributed by atoms with Gasteiger partial charge in [0, 0.05) is 0 Å². The Labute approximate surface area is 98.1 Å². The standard InChI is InChI=1S/C13H26P2/c1-13(2,3)15-10-6-8-12(15)11-7-5-9-14(11)4/h11-12H,5-10H2,1-4H3/t11?,12-,14?,15?/m0/s1. The van der Waals surface area contributed by atoms with E-state index in [-0.39, 0.29) is 0 Å². The fourth-order valence-electron chi connectivity index (χ4n) is 3.45. The molecular weight excluding hydrogens is 218 g/mol. The predicted octanol–water partition coefficient (Wildman–Crippen LogP) is 4.70. The Balaban J connectivity index is 2.07. The van der Waals surface area contributed by atoms with Crippen molar-refractivity contribution in [1.82, 2.24) is 0 Å². The first kappa shape index (κ1) is 12.3. The highest BCUT2D eigenvalue weighted by Crippen LogP contribution is 2.66. The number of rotatable bonds is 1. The van der Waals surface area contributed by atoms with Crippen molar-refractivity contribution in [3.63, 3.8) is 0 Å². The van der Waals surface area contributed by atoms with Crippen LogP contribution in [0.25, 0.3) is 0 Å². The highest BCUT2D eigenvalue weighted by molar-refractivity contribution is 7.63. The second-order valence-electron chi connectivity index (χ2n) is 6.26. The van der Waals surface area contributed by atoms with Crippen LogP contribution in [0, 0.1) is 0 Å². The van der Waals surface area contributed by atoms with Gasteiger partial charge in [-0.05, 0) is 61.1 Å². The van der Waals surface area contributed by atoms with Gasteiger partial charge in [-0.1, -0.05) is 28.7 Å². The molecule has 0 spiro atoms. The Bertz CT molecular complexity index is 219. The van der Waals surface area contributed by atoms with Crippen molar-refractivity contribution in [2.75, 3.05) is 19.0 Å². The molecule has 88 valence electrons. The molecule has 2 aliphatic heterocycles. The van der Waals surface area contributed by atoms with Gasteiger partial charge in [-0.25, -0.2) is 0 Å². The highest BCUT2D eigenvalue weighted by atomic mass is 31.1. The van der Waals surface area contributed by atoms with Crippen molar-refractivity contribution in [3.8, 4) is 0 Å². The Hall–Kier alpha value is 0.860. The average molecular weight is 244 g/mol. The van der Waals surface area contributed by atoms with E-state index in [9.17, 15) is 0 Å². The average Bonchev–Trinajstić information content (AvgIpc) is 2.69. The second kappa shape index (κ2) is 4.62. The Morgan fingerprint density at radius 1 is 0.933 bits per heavy atom. The van der Waals surface area contributed by atoms with Crippen LogP contribution in [-0.4, -0.2) is 35.5 Å². The predicted molar refractivity (Wildman–Crippen MR) is 75.3 cm³/mol. The van der Waals surface area contributed by atoms with Crippen LogP contribution < -0.4 is 0 Å². The van der Waals surface area contributed by atoms with Crippen LogP contribution in [0.4, 0.5) is 0 Å². The third-order valence-corrected chi connectivity index (χ3v) is 11.1. The van der Waals surface area contributed by atoms with Crippen LogP contribution in [-0.2, 0) is 0 Å². The first-order valence-electron chi connectivity index (χ1n) is 6.47. The van der Waals surface area contributed by atoms with Crippen molar-refractivity contribution in [3.05, 3.63) is 0 Å². The summed E-state index contributed by atoms with van der Waals surface area (Å²) in [5.74, 6) is 0. The summed E-state index contributed by atoms with van der Waals surface area (Å²) < 4.78 is 0. The van der Waals surface area contributed by atoms with Crippen LogP contribution in [0.3, 0.4) is 0 Å².